The molecule has 2 heterocycles. The predicted octanol–water partition coefficient (Wildman–Crippen LogP) is 5.26. The zero-order valence-corrected chi connectivity index (χ0v) is 24.3. The summed E-state index contributed by atoms with van der Waals surface area (Å²) >= 11 is 0. The highest BCUT2D eigenvalue weighted by Crippen LogP contribution is 2.28. The average molecular weight is 555 g/mol. The monoisotopic (exact) mass is 554 g/mol. The highest BCUT2D eigenvalue weighted by molar-refractivity contribution is 6.00. The maximum Gasteiger partial charge on any atom is 0.253 e. The van der Waals surface area contributed by atoms with Crippen molar-refractivity contribution in [3.8, 4) is 16.9 Å². The molecule has 1 aliphatic heterocycles. The van der Waals surface area contributed by atoms with Gasteiger partial charge in [0.25, 0.3) is 11.8 Å². The van der Waals surface area contributed by atoms with Crippen LogP contribution in [0.5, 0.6) is 5.75 Å². The van der Waals surface area contributed by atoms with Gasteiger partial charge in [0, 0.05) is 56.0 Å². The number of amides is 2. The Morgan fingerprint density at radius 2 is 1.76 bits per heavy atom. The Kier molecular flexibility index (Phi) is 8.69. The number of ether oxygens (including phenoxy) is 2. The molecule has 8 heteroatoms. The largest absolute Gasteiger partial charge is 0.497 e. The fourth-order valence-corrected chi connectivity index (χ4v) is 5.63. The van der Waals surface area contributed by atoms with E-state index in [0.29, 0.717) is 30.2 Å². The first-order valence-corrected chi connectivity index (χ1v) is 14.2. The van der Waals surface area contributed by atoms with Crippen molar-refractivity contribution in [3.63, 3.8) is 0 Å². The van der Waals surface area contributed by atoms with Gasteiger partial charge in [0.2, 0.25) is 0 Å². The predicted molar refractivity (Wildman–Crippen MR) is 160 cm³/mol. The number of aryl methyl sites for hydroxylation is 2. The van der Waals surface area contributed by atoms with Crippen LogP contribution in [0.4, 0.5) is 0 Å². The van der Waals surface area contributed by atoms with Crippen LogP contribution in [-0.2, 0) is 11.3 Å². The maximum absolute atomic E-state index is 13.2. The Hall–Kier alpha value is -4.17. The Balaban J connectivity index is 1.18. The van der Waals surface area contributed by atoms with E-state index >= 15 is 0 Å². The van der Waals surface area contributed by atoms with Crippen LogP contribution in [-0.4, -0.2) is 67.0 Å². The van der Waals surface area contributed by atoms with Crippen molar-refractivity contribution in [2.24, 2.45) is 5.92 Å². The molecule has 214 valence electrons. The second-order valence-electron chi connectivity index (χ2n) is 10.8. The zero-order chi connectivity index (χ0) is 28.9. The zero-order valence-electron chi connectivity index (χ0n) is 24.3. The molecule has 0 spiro atoms. The molecule has 0 aliphatic carbocycles. The van der Waals surface area contributed by atoms with Crippen LogP contribution in [0.3, 0.4) is 0 Å². The molecule has 0 radical (unpaired) electrons. The van der Waals surface area contributed by atoms with Gasteiger partial charge in [-0.05, 0) is 91.3 Å². The highest BCUT2D eigenvalue weighted by Gasteiger charge is 2.24. The summed E-state index contributed by atoms with van der Waals surface area (Å²) in [7, 11) is 3.28. The molecule has 8 nitrogen and oxygen atoms in total. The molecule has 2 amide bonds. The van der Waals surface area contributed by atoms with Gasteiger partial charge >= 0.3 is 0 Å². The molecule has 1 aromatic heterocycles. The van der Waals surface area contributed by atoms with E-state index in [4.69, 9.17) is 14.6 Å². The van der Waals surface area contributed by atoms with E-state index in [2.05, 4.69) is 18.3 Å². The second kappa shape index (κ2) is 12.6. The van der Waals surface area contributed by atoms with Crippen molar-refractivity contribution in [2.75, 3.05) is 40.5 Å². The number of carbonyl (C=O) groups excluding carboxylic acids is 2. The Morgan fingerprint density at radius 3 is 2.44 bits per heavy atom. The second-order valence-corrected chi connectivity index (χ2v) is 10.8. The van der Waals surface area contributed by atoms with Crippen LogP contribution in [0.25, 0.3) is 22.0 Å². The van der Waals surface area contributed by atoms with Crippen molar-refractivity contribution in [1.82, 2.24) is 20.0 Å². The smallest absolute Gasteiger partial charge is 0.253 e. The van der Waals surface area contributed by atoms with E-state index in [1.807, 2.05) is 71.2 Å². The number of likely N-dealkylation sites (tertiary alicyclic amines) is 1. The number of carbonyl (C=O) groups is 2. The van der Waals surface area contributed by atoms with Gasteiger partial charge in [-0.2, -0.15) is 5.10 Å². The average Bonchev–Trinajstić information content (AvgIpc) is 3.41. The highest BCUT2D eigenvalue weighted by atomic mass is 16.5. The molecule has 41 heavy (non-hydrogen) atoms. The number of nitrogens with zero attached hydrogens (tertiary/aromatic N) is 3. The molecule has 0 atom stereocenters. The van der Waals surface area contributed by atoms with Crippen LogP contribution < -0.4 is 10.1 Å². The molecule has 4 aromatic rings. The minimum Gasteiger partial charge on any atom is -0.497 e. The van der Waals surface area contributed by atoms with Gasteiger partial charge < -0.3 is 19.7 Å². The van der Waals surface area contributed by atoms with E-state index in [-0.39, 0.29) is 11.8 Å². The number of piperidine rings is 1. The van der Waals surface area contributed by atoms with Crippen molar-refractivity contribution in [2.45, 2.75) is 33.2 Å². The number of benzene rings is 3. The molecule has 1 saturated heterocycles. The number of hydrogen-bond acceptors (Lipinski definition) is 5. The van der Waals surface area contributed by atoms with Gasteiger partial charge in [0.1, 0.15) is 5.75 Å². The lowest BCUT2D eigenvalue weighted by molar-refractivity contribution is 0.0681. The van der Waals surface area contributed by atoms with Crippen molar-refractivity contribution >= 4 is 22.7 Å². The number of aromatic nitrogens is 2. The van der Waals surface area contributed by atoms with Crippen LogP contribution in [0, 0.1) is 19.8 Å². The minimum absolute atomic E-state index is 0.0817. The van der Waals surface area contributed by atoms with Gasteiger partial charge in [-0.1, -0.05) is 18.2 Å². The quantitative estimate of drug-likeness (QED) is 0.286. The van der Waals surface area contributed by atoms with E-state index < -0.39 is 0 Å². The fraction of sp³-hybridized carbons (Fsp3) is 0.364. The normalized spacial score (nSPS) is 13.9. The molecular formula is C33H38N4O4. The Bertz CT molecular complexity index is 1540. The molecule has 1 aliphatic rings. The van der Waals surface area contributed by atoms with Gasteiger partial charge in [-0.3, -0.25) is 14.3 Å². The van der Waals surface area contributed by atoms with Gasteiger partial charge in [-0.25, -0.2) is 0 Å². The van der Waals surface area contributed by atoms with Gasteiger partial charge in [0.05, 0.1) is 19.2 Å². The molecule has 5 rings (SSSR count). The topological polar surface area (TPSA) is 85.7 Å². The first-order chi connectivity index (χ1) is 19.9. The molecule has 1 fully saturated rings. The summed E-state index contributed by atoms with van der Waals surface area (Å²) < 4.78 is 12.3. The minimum atomic E-state index is -0.100. The van der Waals surface area contributed by atoms with E-state index in [0.717, 1.165) is 71.4 Å². The third-order valence-corrected chi connectivity index (χ3v) is 8.07. The molecule has 0 unspecified atom stereocenters. The van der Waals surface area contributed by atoms with Crippen molar-refractivity contribution in [1.29, 1.82) is 0 Å². The Labute approximate surface area is 241 Å². The molecular weight excluding hydrogens is 516 g/mol. The summed E-state index contributed by atoms with van der Waals surface area (Å²) in [6.07, 6.45) is 3.90. The van der Waals surface area contributed by atoms with Crippen LogP contribution in [0.1, 0.15) is 44.7 Å². The van der Waals surface area contributed by atoms with Crippen molar-refractivity contribution in [3.05, 3.63) is 83.0 Å². The van der Waals surface area contributed by atoms with Gasteiger partial charge in [-0.15, -0.1) is 0 Å². The summed E-state index contributed by atoms with van der Waals surface area (Å²) in [5.41, 5.74) is 6.54. The summed E-state index contributed by atoms with van der Waals surface area (Å²) in [6.45, 7) is 7.24. The maximum atomic E-state index is 13.2. The van der Waals surface area contributed by atoms with E-state index in [9.17, 15) is 9.59 Å². The third-order valence-electron chi connectivity index (χ3n) is 8.07. The first kappa shape index (κ1) is 28.4. The molecule has 1 N–H and O–H groups in total. The lowest BCUT2D eigenvalue weighted by Crippen LogP contribution is -2.39. The number of nitrogens with one attached hydrogen (secondary N) is 1. The SMILES string of the molecule is COCCNC(=O)c1ccc2nn(CC3CCN(C(=O)c4ccc(-c5ccc(OC)cc5C)cc4)CC3)cc2c1C. The van der Waals surface area contributed by atoms with Gasteiger partial charge in [0.15, 0.2) is 0 Å². The summed E-state index contributed by atoms with van der Waals surface area (Å²) in [4.78, 5) is 27.8. The summed E-state index contributed by atoms with van der Waals surface area (Å²) in [6, 6.07) is 17.7. The number of methoxy groups -OCH3 is 2. The van der Waals surface area contributed by atoms with Crippen molar-refractivity contribution < 1.29 is 19.1 Å². The van der Waals surface area contributed by atoms with Crippen LogP contribution >= 0.6 is 0 Å². The number of fused-ring (bicyclic) bond motifs is 1. The van der Waals surface area contributed by atoms with E-state index in [1.54, 1.807) is 14.2 Å². The fourth-order valence-electron chi connectivity index (χ4n) is 5.63. The van der Waals surface area contributed by atoms with Crippen LogP contribution in [0.2, 0.25) is 0 Å². The summed E-state index contributed by atoms with van der Waals surface area (Å²) in [5, 5.41) is 8.65. The molecule has 3 aromatic carbocycles. The lowest BCUT2D eigenvalue weighted by Gasteiger charge is -2.32. The third kappa shape index (κ3) is 6.28. The van der Waals surface area contributed by atoms with Crippen LogP contribution in [0.15, 0.2) is 60.8 Å². The standard InChI is InChI=1S/C33H38N4O4/c1-22-19-27(41-4)9-10-28(22)25-5-7-26(8-6-25)33(39)36-16-13-24(14-17-36)20-37-21-30-23(2)29(11-12-31(30)35-37)32(38)34-15-18-40-3/h5-12,19,21,24H,13-18,20H2,1-4H3,(H,34,38). The number of rotatable bonds is 9. The van der Waals surface area contributed by atoms with E-state index in [1.165, 1.54) is 0 Å². The molecule has 0 bridgehead atoms. The molecule has 0 saturated carbocycles. The number of hydrogen-bond donors (Lipinski definition) is 1. The Morgan fingerprint density at radius 1 is 1.00 bits per heavy atom. The summed E-state index contributed by atoms with van der Waals surface area (Å²) in [5.74, 6) is 1.26. The first-order valence-electron chi connectivity index (χ1n) is 14.2. The lowest BCUT2D eigenvalue weighted by atomic mass is 9.95.